The first kappa shape index (κ1) is 19.6. The molecule has 4 aromatic rings. The van der Waals surface area contributed by atoms with Gasteiger partial charge in [-0.1, -0.05) is 48.5 Å². The van der Waals surface area contributed by atoms with Crippen molar-refractivity contribution in [2.45, 2.75) is 13.0 Å². The Morgan fingerprint density at radius 3 is 2.57 bits per heavy atom. The van der Waals surface area contributed by atoms with Crippen molar-refractivity contribution in [3.63, 3.8) is 0 Å². The van der Waals surface area contributed by atoms with Crippen LogP contribution in [-0.4, -0.2) is 24.7 Å². The average molecular weight is 401 g/mol. The normalized spacial score (nSPS) is 10.7. The summed E-state index contributed by atoms with van der Waals surface area (Å²) in [6.45, 7) is 0.862. The molecule has 0 amide bonds. The van der Waals surface area contributed by atoms with Crippen molar-refractivity contribution >= 4 is 16.9 Å². The van der Waals surface area contributed by atoms with Crippen molar-refractivity contribution in [2.24, 2.45) is 0 Å². The summed E-state index contributed by atoms with van der Waals surface area (Å²) in [6, 6.07) is 23.2. The Balaban J connectivity index is 1.45. The molecule has 0 aliphatic heterocycles. The van der Waals surface area contributed by atoms with Gasteiger partial charge in [-0.2, -0.15) is 0 Å². The summed E-state index contributed by atoms with van der Waals surface area (Å²) in [7, 11) is 1.36. The highest BCUT2D eigenvalue weighted by atomic mass is 16.5. The van der Waals surface area contributed by atoms with Crippen LogP contribution >= 0.6 is 0 Å². The first-order valence-corrected chi connectivity index (χ1v) is 9.81. The lowest BCUT2D eigenvalue weighted by Crippen LogP contribution is -2.07. The van der Waals surface area contributed by atoms with Gasteiger partial charge in [0.15, 0.2) is 0 Å². The smallest absolute Gasteiger partial charge is 0.341 e. The van der Waals surface area contributed by atoms with Crippen LogP contribution in [0.4, 0.5) is 0 Å². The predicted octanol–water partition coefficient (Wildman–Crippen LogP) is 5.16. The van der Waals surface area contributed by atoms with Gasteiger partial charge in [0.25, 0.3) is 0 Å². The number of methoxy groups -OCH3 is 1. The predicted molar refractivity (Wildman–Crippen MR) is 116 cm³/mol. The van der Waals surface area contributed by atoms with Crippen molar-refractivity contribution in [1.82, 2.24) is 4.98 Å². The molecule has 4 rings (SSSR count). The van der Waals surface area contributed by atoms with Crippen LogP contribution in [0.15, 0.2) is 79.0 Å². The zero-order chi connectivity index (χ0) is 20.8. The standard InChI is InChI=1S/C25H23NO4/c1-28-25(27)22-12-11-20(15-24(22)30-17-18-7-3-2-4-8-18)29-14-13-19-16-26-23-10-6-5-9-21(19)23/h2-12,15-16,26H,13-14,17H2,1H3. The van der Waals surface area contributed by atoms with Gasteiger partial charge in [-0.15, -0.1) is 0 Å². The zero-order valence-electron chi connectivity index (χ0n) is 16.8. The van der Waals surface area contributed by atoms with Gasteiger partial charge in [-0.25, -0.2) is 4.79 Å². The number of hydrogen-bond acceptors (Lipinski definition) is 4. The third-order valence-electron chi connectivity index (χ3n) is 4.91. The minimum absolute atomic E-state index is 0.351. The van der Waals surface area contributed by atoms with Gasteiger partial charge < -0.3 is 19.2 Å². The topological polar surface area (TPSA) is 60.5 Å². The number of aromatic amines is 1. The van der Waals surface area contributed by atoms with Gasteiger partial charge >= 0.3 is 5.97 Å². The molecule has 0 radical (unpaired) electrons. The Morgan fingerprint density at radius 1 is 0.933 bits per heavy atom. The molecule has 0 bridgehead atoms. The van der Waals surface area contributed by atoms with Gasteiger partial charge in [0, 0.05) is 29.6 Å². The average Bonchev–Trinajstić information content (AvgIpc) is 3.21. The number of nitrogens with one attached hydrogen (secondary N) is 1. The molecule has 5 heteroatoms. The summed E-state index contributed by atoms with van der Waals surface area (Å²) in [5.41, 5.74) is 3.71. The fraction of sp³-hybridized carbons (Fsp3) is 0.160. The summed E-state index contributed by atoms with van der Waals surface area (Å²) in [6.07, 6.45) is 2.78. The lowest BCUT2D eigenvalue weighted by atomic mass is 10.1. The molecule has 30 heavy (non-hydrogen) atoms. The molecular formula is C25H23NO4. The van der Waals surface area contributed by atoms with E-state index in [0.717, 1.165) is 17.5 Å². The van der Waals surface area contributed by atoms with Crippen LogP contribution < -0.4 is 9.47 Å². The van der Waals surface area contributed by atoms with E-state index in [1.54, 1.807) is 18.2 Å². The summed E-state index contributed by atoms with van der Waals surface area (Å²) in [5, 5.41) is 1.20. The fourth-order valence-corrected chi connectivity index (χ4v) is 3.34. The molecule has 152 valence electrons. The van der Waals surface area contributed by atoms with Crippen LogP contribution in [0.5, 0.6) is 11.5 Å². The van der Waals surface area contributed by atoms with E-state index in [2.05, 4.69) is 17.1 Å². The summed E-state index contributed by atoms with van der Waals surface area (Å²) in [5.74, 6) is 0.643. The van der Waals surface area contributed by atoms with Crippen molar-refractivity contribution in [1.29, 1.82) is 0 Å². The lowest BCUT2D eigenvalue weighted by Gasteiger charge is -2.13. The number of benzene rings is 3. The number of ether oxygens (including phenoxy) is 3. The first-order valence-electron chi connectivity index (χ1n) is 9.81. The number of fused-ring (bicyclic) bond motifs is 1. The van der Waals surface area contributed by atoms with Gasteiger partial charge in [0.05, 0.1) is 13.7 Å². The zero-order valence-corrected chi connectivity index (χ0v) is 16.8. The van der Waals surface area contributed by atoms with Crippen LogP contribution in [0, 0.1) is 0 Å². The third-order valence-corrected chi connectivity index (χ3v) is 4.91. The van der Waals surface area contributed by atoms with Crippen LogP contribution in [0.1, 0.15) is 21.5 Å². The highest BCUT2D eigenvalue weighted by Gasteiger charge is 2.15. The summed E-state index contributed by atoms with van der Waals surface area (Å²) in [4.78, 5) is 15.4. The number of hydrogen-bond donors (Lipinski definition) is 1. The molecule has 0 unspecified atom stereocenters. The Bertz CT molecular complexity index is 1130. The largest absolute Gasteiger partial charge is 0.493 e. The first-order chi connectivity index (χ1) is 14.7. The second-order valence-corrected chi connectivity index (χ2v) is 6.88. The Hall–Kier alpha value is -3.73. The number of carbonyl (C=O) groups excluding carboxylic acids is 1. The quantitative estimate of drug-likeness (QED) is 0.415. The molecule has 0 aliphatic carbocycles. The minimum atomic E-state index is -0.441. The van der Waals surface area contributed by atoms with Crippen molar-refractivity contribution in [3.05, 3.63) is 95.7 Å². The molecule has 0 aliphatic rings. The number of rotatable bonds is 8. The maximum Gasteiger partial charge on any atom is 0.341 e. The van der Waals surface area contributed by atoms with Gasteiger partial charge in [0.2, 0.25) is 0 Å². The maximum absolute atomic E-state index is 12.1. The molecule has 1 N–H and O–H groups in total. The van der Waals surface area contributed by atoms with E-state index in [1.165, 1.54) is 18.1 Å². The maximum atomic E-state index is 12.1. The minimum Gasteiger partial charge on any atom is -0.493 e. The van der Waals surface area contributed by atoms with E-state index in [9.17, 15) is 4.79 Å². The van der Waals surface area contributed by atoms with E-state index in [0.29, 0.717) is 30.3 Å². The highest BCUT2D eigenvalue weighted by Crippen LogP contribution is 2.27. The van der Waals surface area contributed by atoms with Gasteiger partial charge in [-0.05, 0) is 29.3 Å². The van der Waals surface area contributed by atoms with Gasteiger partial charge in [-0.3, -0.25) is 0 Å². The van der Waals surface area contributed by atoms with Crippen molar-refractivity contribution in [2.75, 3.05) is 13.7 Å². The van der Waals surface area contributed by atoms with E-state index >= 15 is 0 Å². The molecule has 0 fully saturated rings. The lowest BCUT2D eigenvalue weighted by molar-refractivity contribution is 0.0595. The van der Waals surface area contributed by atoms with E-state index in [1.807, 2.05) is 48.7 Å². The van der Waals surface area contributed by atoms with Crippen LogP contribution in [0.3, 0.4) is 0 Å². The molecule has 0 spiro atoms. The molecule has 1 heterocycles. The van der Waals surface area contributed by atoms with E-state index < -0.39 is 5.97 Å². The number of esters is 1. The number of carbonyl (C=O) groups is 1. The molecule has 0 atom stereocenters. The molecule has 1 aromatic heterocycles. The molecule has 3 aromatic carbocycles. The number of H-pyrrole nitrogens is 1. The van der Waals surface area contributed by atoms with Crippen molar-refractivity contribution in [3.8, 4) is 11.5 Å². The summed E-state index contributed by atoms with van der Waals surface area (Å²) >= 11 is 0. The summed E-state index contributed by atoms with van der Waals surface area (Å²) < 4.78 is 16.7. The van der Waals surface area contributed by atoms with Crippen molar-refractivity contribution < 1.29 is 19.0 Å². The van der Waals surface area contributed by atoms with E-state index in [4.69, 9.17) is 14.2 Å². The second-order valence-electron chi connectivity index (χ2n) is 6.88. The highest BCUT2D eigenvalue weighted by molar-refractivity contribution is 5.92. The van der Waals surface area contributed by atoms with Crippen LogP contribution in [-0.2, 0) is 17.8 Å². The van der Waals surface area contributed by atoms with Crippen LogP contribution in [0.25, 0.3) is 10.9 Å². The second kappa shape index (κ2) is 9.18. The Labute approximate surface area is 175 Å². The monoisotopic (exact) mass is 401 g/mol. The number of para-hydroxylation sites is 1. The molecular weight excluding hydrogens is 378 g/mol. The van der Waals surface area contributed by atoms with Gasteiger partial charge in [0.1, 0.15) is 23.7 Å². The van der Waals surface area contributed by atoms with Crippen LogP contribution in [0.2, 0.25) is 0 Å². The third kappa shape index (κ3) is 4.46. The van der Waals surface area contributed by atoms with E-state index in [-0.39, 0.29) is 0 Å². The molecule has 5 nitrogen and oxygen atoms in total. The number of aromatic nitrogens is 1. The fourth-order valence-electron chi connectivity index (χ4n) is 3.34. The molecule has 0 saturated carbocycles. The molecule has 0 saturated heterocycles. The SMILES string of the molecule is COC(=O)c1ccc(OCCc2c[nH]c3ccccc23)cc1OCc1ccccc1. The Morgan fingerprint density at radius 2 is 1.73 bits per heavy atom. The Kier molecular flexibility index (Phi) is 5.99.